The molecule has 82 valence electrons. The lowest BCUT2D eigenvalue weighted by Crippen LogP contribution is -2.35. The number of hydrogen-bond acceptors (Lipinski definition) is 3. The first kappa shape index (κ1) is 11.7. The highest BCUT2D eigenvalue weighted by Gasteiger charge is 2.35. The topological polar surface area (TPSA) is 46.5 Å². The molecule has 0 fully saturated rings. The highest BCUT2D eigenvalue weighted by Crippen LogP contribution is 2.28. The van der Waals surface area contributed by atoms with E-state index in [2.05, 4.69) is 0 Å². The van der Waals surface area contributed by atoms with Gasteiger partial charge in [0.05, 0.1) is 12.7 Å². The van der Waals surface area contributed by atoms with Crippen LogP contribution in [0.25, 0.3) is 0 Å². The van der Waals surface area contributed by atoms with Gasteiger partial charge < -0.3 is 9.84 Å². The van der Waals surface area contributed by atoms with Gasteiger partial charge in [0.25, 0.3) is 0 Å². The molecule has 1 N–H and O–H groups in total. The zero-order valence-electron chi connectivity index (χ0n) is 9.23. The van der Waals surface area contributed by atoms with E-state index in [1.54, 1.807) is 26.0 Å². The fraction of sp³-hybridized carbons (Fsp3) is 0.417. The number of carbonyl (C=O) groups is 1. The predicted molar refractivity (Wildman–Crippen MR) is 57.5 cm³/mol. The van der Waals surface area contributed by atoms with Crippen LogP contribution in [0.2, 0.25) is 0 Å². The number of aliphatic hydroxyl groups is 1. The molecule has 0 aliphatic rings. The van der Waals surface area contributed by atoms with Gasteiger partial charge in [-0.25, -0.2) is 0 Å². The van der Waals surface area contributed by atoms with Crippen molar-refractivity contribution in [2.45, 2.75) is 25.4 Å². The number of carbonyl (C=O) groups excluding carboxylic acids is 1. The van der Waals surface area contributed by atoms with E-state index in [1.807, 2.05) is 18.2 Å². The summed E-state index contributed by atoms with van der Waals surface area (Å²) in [5.41, 5.74) is -0.370. The fourth-order valence-corrected chi connectivity index (χ4v) is 1.60. The Labute approximate surface area is 89.7 Å². The summed E-state index contributed by atoms with van der Waals surface area (Å²) in [5.74, 6) is -1.07. The van der Waals surface area contributed by atoms with Crippen molar-refractivity contribution >= 4 is 5.97 Å². The molecule has 3 nitrogen and oxygen atoms in total. The summed E-state index contributed by atoms with van der Waals surface area (Å²) in [6, 6.07) is 9.13. The summed E-state index contributed by atoms with van der Waals surface area (Å²) in [7, 11) is 1.32. The number of methoxy groups -OCH3 is 1. The van der Waals surface area contributed by atoms with E-state index in [-0.39, 0.29) is 0 Å². The average Bonchev–Trinajstić information content (AvgIpc) is 2.17. The minimum atomic E-state index is -1.13. The summed E-state index contributed by atoms with van der Waals surface area (Å²) in [6.07, 6.45) is 0. The van der Waals surface area contributed by atoms with E-state index >= 15 is 0 Å². The standard InChI is InChI=1S/C12H16O3/c1-12(2,14)10(11(13)15-3)9-7-5-4-6-8-9/h4-8,10,14H,1-3H3. The van der Waals surface area contributed by atoms with Crippen LogP contribution in [-0.2, 0) is 9.53 Å². The zero-order chi connectivity index (χ0) is 11.5. The molecule has 1 aromatic carbocycles. The Hall–Kier alpha value is -1.35. The fourth-order valence-electron chi connectivity index (χ4n) is 1.60. The monoisotopic (exact) mass is 208 g/mol. The number of benzene rings is 1. The van der Waals surface area contributed by atoms with Gasteiger partial charge in [-0.1, -0.05) is 30.3 Å². The molecule has 1 unspecified atom stereocenters. The Morgan fingerprint density at radius 3 is 2.27 bits per heavy atom. The number of rotatable bonds is 3. The van der Waals surface area contributed by atoms with Gasteiger partial charge in [-0.2, -0.15) is 0 Å². The van der Waals surface area contributed by atoms with Crippen LogP contribution in [0.4, 0.5) is 0 Å². The van der Waals surface area contributed by atoms with E-state index in [9.17, 15) is 9.90 Å². The quantitative estimate of drug-likeness (QED) is 0.769. The van der Waals surface area contributed by atoms with Crippen molar-refractivity contribution in [3.8, 4) is 0 Å². The van der Waals surface area contributed by atoms with Crippen molar-refractivity contribution in [3.63, 3.8) is 0 Å². The van der Waals surface area contributed by atoms with Crippen LogP contribution in [-0.4, -0.2) is 23.8 Å². The molecule has 0 saturated heterocycles. The third kappa shape index (κ3) is 2.80. The normalized spacial score (nSPS) is 13.3. The lowest BCUT2D eigenvalue weighted by Gasteiger charge is -2.27. The van der Waals surface area contributed by atoms with Crippen LogP contribution >= 0.6 is 0 Å². The summed E-state index contributed by atoms with van der Waals surface area (Å²) in [6.45, 7) is 3.20. The molecule has 0 radical (unpaired) electrons. The third-order valence-corrected chi connectivity index (χ3v) is 2.28. The molecular formula is C12H16O3. The first-order valence-corrected chi connectivity index (χ1v) is 4.82. The van der Waals surface area contributed by atoms with E-state index < -0.39 is 17.5 Å². The van der Waals surface area contributed by atoms with Crippen molar-refractivity contribution in [2.24, 2.45) is 0 Å². The van der Waals surface area contributed by atoms with Gasteiger partial charge in [0, 0.05) is 0 Å². The van der Waals surface area contributed by atoms with Gasteiger partial charge in [0.1, 0.15) is 5.92 Å². The van der Waals surface area contributed by atoms with Crippen molar-refractivity contribution in [2.75, 3.05) is 7.11 Å². The highest BCUT2D eigenvalue weighted by atomic mass is 16.5. The molecule has 0 aromatic heterocycles. The SMILES string of the molecule is COC(=O)C(c1ccccc1)C(C)(C)O. The Kier molecular flexibility index (Phi) is 3.48. The molecule has 1 rings (SSSR count). The van der Waals surface area contributed by atoms with Gasteiger partial charge >= 0.3 is 5.97 Å². The molecule has 0 saturated carbocycles. The number of ether oxygens (including phenoxy) is 1. The first-order valence-electron chi connectivity index (χ1n) is 4.82. The first-order chi connectivity index (χ1) is 6.96. The van der Waals surface area contributed by atoms with Gasteiger partial charge in [-0.05, 0) is 19.4 Å². The second kappa shape index (κ2) is 4.45. The van der Waals surface area contributed by atoms with Gasteiger partial charge in [-0.3, -0.25) is 4.79 Å². The smallest absolute Gasteiger partial charge is 0.316 e. The zero-order valence-corrected chi connectivity index (χ0v) is 9.23. The molecule has 0 amide bonds. The molecule has 1 aromatic rings. The molecule has 1 atom stereocenters. The molecule has 0 aliphatic carbocycles. The summed E-state index contributed by atoms with van der Waals surface area (Å²) in [5, 5.41) is 9.93. The van der Waals surface area contributed by atoms with Crippen LogP contribution in [0.3, 0.4) is 0 Å². The Morgan fingerprint density at radius 2 is 1.87 bits per heavy atom. The van der Waals surface area contributed by atoms with E-state index in [4.69, 9.17) is 4.74 Å². The van der Waals surface area contributed by atoms with Crippen molar-refractivity contribution in [1.29, 1.82) is 0 Å². The van der Waals surface area contributed by atoms with Crippen LogP contribution in [0, 0.1) is 0 Å². The maximum atomic E-state index is 11.6. The minimum Gasteiger partial charge on any atom is -0.468 e. The maximum absolute atomic E-state index is 11.6. The van der Waals surface area contributed by atoms with E-state index in [0.29, 0.717) is 0 Å². The van der Waals surface area contributed by atoms with Crippen LogP contribution < -0.4 is 0 Å². The second-order valence-electron chi connectivity index (χ2n) is 4.02. The molecular weight excluding hydrogens is 192 g/mol. The Balaban J connectivity index is 3.08. The summed E-state index contributed by atoms with van der Waals surface area (Å²) < 4.78 is 4.69. The van der Waals surface area contributed by atoms with Crippen LogP contribution in [0.15, 0.2) is 30.3 Å². The van der Waals surface area contributed by atoms with Crippen LogP contribution in [0.1, 0.15) is 25.3 Å². The largest absolute Gasteiger partial charge is 0.468 e. The number of esters is 1. The van der Waals surface area contributed by atoms with Crippen LogP contribution in [0.5, 0.6) is 0 Å². The second-order valence-corrected chi connectivity index (χ2v) is 4.02. The number of hydrogen-bond donors (Lipinski definition) is 1. The molecule has 15 heavy (non-hydrogen) atoms. The van der Waals surface area contributed by atoms with E-state index in [1.165, 1.54) is 7.11 Å². The van der Waals surface area contributed by atoms with E-state index in [0.717, 1.165) is 5.56 Å². The van der Waals surface area contributed by atoms with Gasteiger partial charge in [0.15, 0.2) is 0 Å². The maximum Gasteiger partial charge on any atom is 0.316 e. The Bertz CT molecular complexity index is 324. The Morgan fingerprint density at radius 1 is 1.33 bits per heavy atom. The van der Waals surface area contributed by atoms with Gasteiger partial charge in [-0.15, -0.1) is 0 Å². The lowest BCUT2D eigenvalue weighted by atomic mass is 9.85. The molecule has 0 aliphatic heterocycles. The van der Waals surface area contributed by atoms with Crippen molar-refractivity contribution < 1.29 is 14.6 Å². The molecule has 0 bridgehead atoms. The molecule has 0 heterocycles. The molecule has 3 heteroatoms. The van der Waals surface area contributed by atoms with Crippen molar-refractivity contribution in [1.82, 2.24) is 0 Å². The minimum absolute atomic E-state index is 0.422. The third-order valence-electron chi connectivity index (χ3n) is 2.28. The summed E-state index contributed by atoms with van der Waals surface area (Å²) in [4.78, 5) is 11.6. The predicted octanol–water partition coefficient (Wildman–Crippen LogP) is 1.71. The van der Waals surface area contributed by atoms with Crippen molar-refractivity contribution in [3.05, 3.63) is 35.9 Å². The van der Waals surface area contributed by atoms with Gasteiger partial charge in [0.2, 0.25) is 0 Å². The molecule has 0 spiro atoms. The summed E-state index contributed by atoms with van der Waals surface area (Å²) >= 11 is 0. The highest BCUT2D eigenvalue weighted by molar-refractivity contribution is 5.79. The lowest BCUT2D eigenvalue weighted by molar-refractivity contribution is -0.148. The average molecular weight is 208 g/mol.